The van der Waals surface area contributed by atoms with Gasteiger partial charge in [-0.3, -0.25) is 4.99 Å². The Hall–Kier alpha value is -0.380. The molecule has 0 aromatic carbocycles. The van der Waals surface area contributed by atoms with E-state index in [2.05, 4.69) is 16.6 Å². The van der Waals surface area contributed by atoms with Crippen molar-refractivity contribution in [3.05, 3.63) is 0 Å². The lowest BCUT2D eigenvalue weighted by Gasteiger charge is -2.31. The molecule has 0 spiro atoms. The van der Waals surface area contributed by atoms with Crippen molar-refractivity contribution < 1.29 is 0 Å². The quantitative estimate of drug-likeness (QED) is 0.555. The molecule has 4 heteroatoms. The molecule has 2 unspecified atom stereocenters. The molecular weight excluding hydrogens is 194 g/mol. The highest BCUT2D eigenvalue weighted by atomic mass is 32.2. The number of rotatable bonds is 3. The Morgan fingerprint density at radius 1 is 1.50 bits per heavy atom. The van der Waals surface area contributed by atoms with Crippen molar-refractivity contribution in [3.63, 3.8) is 0 Å². The van der Waals surface area contributed by atoms with E-state index in [0.29, 0.717) is 17.3 Å². The molecule has 14 heavy (non-hydrogen) atoms. The molecule has 3 N–H and O–H groups in total. The van der Waals surface area contributed by atoms with Crippen LogP contribution in [0.3, 0.4) is 0 Å². The van der Waals surface area contributed by atoms with Crippen LogP contribution in [-0.2, 0) is 0 Å². The molecule has 3 nitrogen and oxygen atoms in total. The van der Waals surface area contributed by atoms with Crippen LogP contribution < -0.4 is 11.1 Å². The monoisotopic (exact) mass is 215 g/mol. The highest BCUT2D eigenvalue weighted by Crippen LogP contribution is 2.26. The van der Waals surface area contributed by atoms with Gasteiger partial charge in [-0.25, -0.2) is 0 Å². The average molecular weight is 215 g/mol. The molecule has 2 atom stereocenters. The first-order chi connectivity index (χ1) is 6.77. The zero-order chi connectivity index (χ0) is 10.4. The van der Waals surface area contributed by atoms with Crippen molar-refractivity contribution in [2.45, 2.75) is 43.9 Å². The minimum absolute atomic E-state index is 0.522. The first-order valence-electron chi connectivity index (χ1n) is 5.37. The van der Waals surface area contributed by atoms with Crippen molar-refractivity contribution in [1.82, 2.24) is 5.32 Å². The maximum atomic E-state index is 5.76. The van der Waals surface area contributed by atoms with Crippen LogP contribution >= 0.6 is 11.8 Å². The van der Waals surface area contributed by atoms with E-state index >= 15 is 0 Å². The highest BCUT2D eigenvalue weighted by molar-refractivity contribution is 7.99. The second kappa shape index (κ2) is 6.17. The van der Waals surface area contributed by atoms with Crippen LogP contribution in [0.1, 0.15) is 32.6 Å². The summed E-state index contributed by atoms with van der Waals surface area (Å²) in [7, 11) is 0. The van der Waals surface area contributed by atoms with Crippen LogP contribution in [0.15, 0.2) is 4.99 Å². The van der Waals surface area contributed by atoms with Crippen LogP contribution in [0.5, 0.6) is 0 Å². The molecular formula is C10H21N3S. The molecule has 82 valence electrons. The summed E-state index contributed by atoms with van der Waals surface area (Å²) in [6, 6.07) is 0.522. The topological polar surface area (TPSA) is 50.4 Å². The standard InChI is InChI=1S/C10H21N3S/c1-3-12-10(11)13-8-6-4-5-7-9(8)14-2/h8-9H,3-7H2,1-2H3,(H3,11,12,13). The zero-order valence-corrected chi connectivity index (χ0v) is 9.94. The maximum Gasteiger partial charge on any atom is 0.188 e. The number of nitrogens with two attached hydrogens (primary N) is 1. The third kappa shape index (κ3) is 3.40. The molecule has 0 saturated heterocycles. The van der Waals surface area contributed by atoms with E-state index in [1.165, 1.54) is 25.7 Å². The van der Waals surface area contributed by atoms with Crippen molar-refractivity contribution in [1.29, 1.82) is 0 Å². The van der Waals surface area contributed by atoms with E-state index in [0.717, 1.165) is 6.54 Å². The highest BCUT2D eigenvalue weighted by Gasteiger charge is 2.24. The predicted molar refractivity (Wildman–Crippen MR) is 64.9 cm³/mol. The summed E-state index contributed by atoms with van der Waals surface area (Å²) in [6.07, 6.45) is 7.38. The molecule has 0 heterocycles. The molecule has 0 bridgehead atoms. The fraction of sp³-hybridized carbons (Fsp3) is 0.900. The molecule has 1 aliphatic rings. The van der Waals surface area contributed by atoms with Crippen molar-refractivity contribution in [3.8, 4) is 0 Å². The van der Waals surface area contributed by atoms with Gasteiger partial charge in [0, 0.05) is 17.8 Å². The second-order valence-electron chi connectivity index (χ2n) is 3.67. The van der Waals surface area contributed by atoms with E-state index in [9.17, 15) is 0 Å². The number of hydrogen-bond acceptors (Lipinski definition) is 2. The first kappa shape index (κ1) is 11.7. The predicted octanol–water partition coefficient (Wildman–Crippen LogP) is 1.58. The van der Waals surface area contributed by atoms with E-state index in [4.69, 9.17) is 5.73 Å². The summed E-state index contributed by atoms with van der Waals surface area (Å²) in [5.74, 6) is 0.610. The first-order valence-corrected chi connectivity index (χ1v) is 6.66. The van der Waals surface area contributed by atoms with Crippen LogP contribution in [-0.4, -0.2) is 30.1 Å². The minimum Gasteiger partial charge on any atom is -0.370 e. The Morgan fingerprint density at radius 3 is 2.86 bits per heavy atom. The van der Waals surface area contributed by atoms with E-state index < -0.39 is 0 Å². The van der Waals surface area contributed by atoms with Gasteiger partial charge in [0.15, 0.2) is 5.96 Å². The van der Waals surface area contributed by atoms with Gasteiger partial charge < -0.3 is 11.1 Å². The second-order valence-corrected chi connectivity index (χ2v) is 4.75. The van der Waals surface area contributed by atoms with Gasteiger partial charge in [-0.15, -0.1) is 0 Å². The number of guanidine groups is 1. The molecule has 0 aromatic rings. The van der Waals surface area contributed by atoms with Crippen LogP contribution in [0.4, 0.5) is 0 Å². The van der Waals surface area contributed by atoms with Gasteiger partial charge in [-0.1, -0.05) is 12.8 Å². The van der Waals surface area contributed by atoms with E-state index in [1.54, 1.807) is 0 Å². The van der Waals surface area contributed by atoms with Crippen LogP contribution in [0.2, 0.25) is 0 Å². The third-order valence-corrected chi connectivity index (χ3v) is 3.84. The van der Waals surface area contributed by atoms with Gasteiger partial charge in [-0.05, 0) is 26.0 Å². The molecule has 1 aliphatic carbocycles. The van der Waals surface area contributed by atoms with E-state index in [-0.39, 0.29) is 0 Å². The lowest BCUT2D eigenvalue weighted by Crippen LogP contribution is -2.46. The number of aliphatic imine (C=N–C) groups is 1. The van der Waals surface area contributed by atoms with Gasteiger partial charge in [0.2, 0.25) is 0 Å². The largest absolute Gasteiger partial charge is 0.370 e. The Balaban J connectivity index is 2.44. The van der Waals surface area contributed by atoms with Crippen molar-refractivity contribution >= 4 is 17.7 Å². The molecule has 0 aromatic heterocycles. The van der Waals surface area contributed by atoms with Gasteiger partial charge in [0.05, 0.1) is 0 Å². The van der Waals surface area contributed by atoms with E-state index in [1.807, 2.05) is 18.7 Å². The minimum atomic E-state index is 0.522. The number of nitrogens with zero attached hydrogens (tertiary/aromatic N) is 1. The summed E-state index contributed by atoms with van der Waals surface area (Å²) in [5, 5.41) is 4.03. The molecule has 0 radical (unpaired) electrons. The molecule has 0 amide bonds. The average Bonchev–Trinajstić information content (AvgIpc) is 2.19. The zero-order valence-electron chi connectivity index (χ0n) is 9.12. The maximum absolute atomic E-state index is 5.76. The fourth-order valence-electron chi connectivity index (χ4n) is 1.95. The molecule has 1 saturated carbocycles. The summed E-state index contributed by atoms with van der Waals surface area (Å²) >= 11 is 1.94. The molecule has 0 aliphatic heterocycles. The number of thioether (sulfide) groups is 1. The normalized spacial score (nSPS) is 28.9. The number of nitrogens with one attached hydrogen (secondary N) is 1. The summed E-state index contributed by atoms with van der Waals surface area (Å²) in [6.45, 7) is 2.76. The van der Waals surface area contributed by atoms with Gasteiger partial charge in [-0.2, -0.15) is 11.8 Å². The lowest BCUT2D eigenvalue weighted by molar-refractivity contribution is 0.424. The van der Waals surface area contributed by atoms with Crippen molar-refractivity contribution in [2.24, 2.45) is 10.7 Å². The fourth-order valence-corrected chi connectivity index (χ4v) is 2.89. The van der Waals surface area contributed by atoms with Crippen molar-refractivity contribution in [2.75, 3.05) is 12.8 Å². The van der Waals surface area contributed by atoms with Crippen LogP contribution in [0, 0.1) is 0 Å². The Kier molecular flexibility index (Phi) is 5.15. The molecule has 1 fully saturated rings. The summed E-state index contributed by atoms with van der Waals surface area (Å²) in [5.41, 5.74) is 5.76. The van der Waals surface area contributed by atoms with Gasteiger partial charge in [0.1, 0.15) is 0 Å². The summed E-state index contributed by atoms with van der Waals surface area (Å²) in [4.78, 5) is 4.16. The number of hydrogen-bond donors (Lipinski definition) is 2. The summed E-state index contributed by atoms with van der Waals surface area (Å²) < 4.78 is 0. The van der Waals surface area contributed by atoms with Crippen LogP contribution in [0.25, 0.3) is 0 Å². The third-order valence-electron chi connectivity index (χ3n) is 2.67. The van der Waals surface area contributed by atoms with Gasteiger partial charge in [0.25, 0.3) is 0 Å². The SMILES string of the molecule is CCN=C(N)NC1CCCCC1SC. The Bertz CT molecular complexity index is 194. The Labute approximate surface area is 90.9 Å². The lowest BCUT2D eigenvalue weighted by atomic mass is 9.95. The molecule has 1 rings (SSSR count). The van der Waals surface area contributed by atoms with Gasteiger partial charge >= 0.3 is 0 Å². The Morgan fingerprint density at radius 2 is 2.21 bits per heavy atom. The smallest absolute Gasteiger partial charge is 0.188 e.